The van der Waals surface area contributed by atoms with E-state index in [-0.39, 0.29) is 5.41 Å². The van der Waals surface area contributed by atoms with Gasteiger partial charge in [-0.25, -0.2) is 0 Å². The molecule has 2 aromatic rings. The molecule has 86 valence electrons. The molecular weight excluding hydrogens is 194 g/mol. The van der Waals surface area contributed by atoms with Crippen LogP contribution in [0.25, 0.3) is 10.9 Å². The van der Waals surface area contributed by atoms with Gasteiger partial charge in [0.1, 0.15) is 0 Å². The summed E-state index contributed by atoms with van der Waals surface area (Å²) in [7, 11) is 0. The summed E-state index contributed by atoms with van der Waals surface area (Å²) >= 11 is 0. The fourth-order valence-corrected chi connectivity index (χ4v) is 2.12. The third-order valence-electron chi connectivity index (χ3n) is 3.18. The van der Waals surface area contributed by atoms with Crippen LogP contribution in [0.4, 0.5) is 0 Å². The van der Waals surface area contributed by atoms with Gasteiger partial charge in [0.25, 0.3) is 0 Å². The molecule has 0 aliphatic heterocycles. The van der Waals surface area contributed by atoms with Crippen molar-refractivity contribution < 1.29 is 0 Å². The Hall–Kier alpha value is -1.24. The van der Waals surface area contributed by atoms with Crippen molar-refractivity contribution in [1.82, 2.24) is 4.98 Å². The molecule has 0 amide bonds. The van der Waals surface area contributed by atoms with Crippen LogP contribution < -0.4 is 0 Å². The van der Waals surface area contributed by atoms with Crippen molar-refractivity contribution in [2.75, 3.05) is 0 Å². The highest BCUT2D eigenvalue weighted by atomic mass is 14.7. The molecule has 0 unspecified atom stereocenters. The molecule has 1 heterocycles. The molecule has 0 saturated carbocycles. The molecule has 0 saturated heterocycles. The molecule has 0 aliphatic rings. The van der Waals surface area contributed by atoms with Gasteiger partial charge in [0.2, 0.25) is 0 Å². The van der Waals surface area contributed by atoms with Gasteiger partial charge in [-0.05, 0) is 28.5 Å². The number of fused-ring (bicyclic) bond motifs is 1. The number of benzene rings is 1. The molecule has 1 aromatic carbocycles. The second-order valence-corrected chi connectivity index (χ2v) is 5.91. The number of aromatic amines is 1. The van der Waals surface area contributed by atoms with E-state index in [0.29, 0.717) is 5.92 Å². The van der Waals surface area contributed by atoms with Crippen LogP contribution in [0.1, 0.15) is 51.7 Å². The van der Waals surface area contributed by atoms with Gasteiger partial charge in [0.05, 0.1) is 0 Å². The molecule has 0 aliphatic carbocycles. The summed E-state index contributed by atoms with van der Waals surface area (Å²) in [4.78, 5) is 3.39. The molecule has 16 heavy (non-hydrogen) atoms. The summed E-state index contributed by atoms with van der Waals surface area (Å²) < 4.78 is 0. The van der Waals surface area contributed by atoms with Crippen molar-refractivity contribution in [1.29, 1.82) is 0 Å². The summed E-state index contributed by atoms with van der Waals surface area (Å²) in [6.45, 7) is 11.2. The molecule has 1 nitrogen and oxygen atoms in total. The van der Waals surface area contributed by atoms with E-state index < -0.39 is 0 Å². The predicted molar refractivity (Wildman–Crippen MR) is 71.1 cm³/mol. The Bertz CT molecular complexity index is 498. The smallest absolute Gasteiger partial charge is 0.0459 e. The van der Waals surface area contributed by atoms with Crippen LogP contribution in [0.3, 0.4) is 0 Å². The molecule has 1 heteroatoms. The molecule has 2 rings (SSSR count). The predicted octanol–water partition coefficient (Wildman–Crippen LogP) is 4.59. The molecule has 0 bridgehead atoms. The van der Waals surface area contributed by atoms with E-state index in [1.54, 1.807) is 0 Å². The SMILES string of the molecule is CC(C)c1ccc2c(C(C)(C)C)c[nH]c2c1. The van der Waals surface area contributed by atoms with Crippen LogP contribution in [0.5, 0.6) is 0 Å². The van der Waals surface area contributed by atoms with Crippen molar-refractivity contribution >= 4 is 10.9 Å². The number of hydrogen-bond donors (Lipinski definition) is 1. The second-order valence-electron chi connectivity index (χ2n) is 5.91. The Balaban J connectivity index is 2.59. The number of nitrogens with one attached hydrogen (secondary N) is 1. The zero-order valence-corrected chi connectivity index (χ0v) is 10.9. The average Bonchev–Trinajstić information content (AvgIpc) is 2.58. The minimum atomic E-state index is 0.206. The summed E-state index contributed by atoms with van der Waals surface area (Å²) in [5.74, 6) is 0.589. The van der Waals surface area contributed by atoms with E-state index in [9.17, 15) is 0 Å². The van der Waals surface area contributed by atoms with E-state index in [1.807, 2.05) is 0 Å². The van der Waals surface area contributed by atoms with Gasteiger partial charge in [-0.15, -0.1) is 0 Å². The third kappa shape index (κ3) is 1.87. The van der Waals surface area contributed by atoms with Gasteiger partial charge < -0.3 is 4.98 Å². The van der Waals surface area contributed by atoms with Gasteiger partial charge in [0, 0.05) is 17.1 Å². The van der Waals surface area contributed by atoms with Crippen molar-refractivity contribution in [3.8, 4) is 0 Å². The number of H-pyrrole nitrogens is 1. The fourth-order valence-electron chi connectivity index (χ4n) is 2.12. The quantitative estimate of drug-likeness (QED) is 0.716. The minimum Gasteiger partial charge on any atom is -0.361 e. The Labute approximate surface area is 97.9 Å². The monoisotopic (exact) mass is 215 g/mol. The van der Waals surface area contributed by atoms with Crippen molar-refractivity contribution in [3.63, 3.8) is 0 Å². The van der Waals surface area contributed by atoms with Crippen molar-refractivity contribution in [2.24, 2.45) is 0 Å². The maximum absolute atomic E-state index is 3.39. The lowest BCUT2D eigenvalue weighted by Crippen LogP contribution is -2.09. The molecule has 0 spiro atoms. The van der Waals surface area contributed by atoms with Crippen LogP contribution in [-0.4, -0.2) is 4.98 Å². The topological polar surface area (TPSA) is 15.8 Å². The standard InChI is InChI=1S/C15H21N/c1-10(2)11-6-7-12-13(15(3,4)5)9-16-14(12)8-11/h6-10,16H,1-5H3. The highest BCUT2D eigenvalue weighted by Crippen LogP contribution is 2.31. The van der Waals surface area contributed by atoms with Crippen LogP contribution in [0.15, 0.2) is 24.4 Å². The molecule has 0 fully saturated rings. The summed E-state index contributed by atoms with van der Waals surface area (Å²) in [6.07, 6.45) is 2.15. The molecule has 1 N–H and O–H groups in total. The zero-order chi connectivity index (χ0) is 11.9. The van der Waals surface area contributed by atoms with E-state index in [1.165, 1.54) is 22.0 Å². The molecule has 1 aromatic heterocycles. The summed E-state index contributed by atoms with van der Waals surface area (Å²) in [5, 5.41) is 1.36. The molecule has 0 radical (unpaired) electrons. The maximum Gasteiger partial charge on any atom is 0.0459 e. The first-order valence-electron chi connectivity index (χ1n) is 6.01. The number of hydrogen-bond acceptors (Lipinski definition) is 0. The minimum absolute atomic E-state index is 0.206. The lowest BCUT2D eigenvalue weighted by Gasteiger charge is -2.17. The zero-order valence-electron chi connectivity index (χ0n) is 10.9. The lowest BCUT2D eigenvalue weighted by molar-refractivity contribution is 0.596. The Kier molecular flexibility index (Phi) is 2.57. The van der Waals surface area contributed by atoms with Gasteiger partial charge in [0.15, 0.2) is 0 Å². The van der Waals surface area contributed by atoms with Crippen molar-refractivity contribution in [3.05, 3.63) is 35.5 Å². The largest absolute Gasteiger partial charge is 0.361 e. The van der Waals surface area contributed by atoms with Crippen LogP contribution in [0, 0.1) is 0 Å². The highest BCUT2D eigenvalue weighted by Gasteiger charge is 2.18. The average molecular weight is 215 g/mol. The van der Waals surface area contributed by atoms with Gasteiger partial charge in [-0.3, -0.25) is 0 Å². The maximum atomic E-state index is 3.39. The lowest BCUT2D eigenvalue weighted by atomic mass is 9.86. The Morgan fingerprint density at radius 1 is 1.12 bits per heavy atom. The fraction of sp³-hybridized carbons (Fsp3) is 0.467. The number of rotatable bonds is 1. The van der Waals surface area contributed by atoms with E-state index in [2.05, 4.69) is 64.0 Å². The first-order valence-corrected chi connectivity index (χ1v) is 6.01. The first kappa shape index (κ1) is 11.3. The normalized spacial score (nSPS) is 12.6. The Morgan fingerprint density at radius 3 is 2.38 bits per heavy atom. The van der Waals surface area contributed by atoms with E-state index in [0.717, 1.165) is 0 Å². The first-order chi connectivity index (χ1) is 7.39. The summed E-state index contributed by atoms with van der Waals surface area (Å²) in [5.41, 5.74) is 4.26. The van der Waals surface area contributed by atoms with E-state index in [4.69, 9.17) is 0 Å². The van der Waals surface area contributed by atoms with Gasteiger partial charge in [-0.2, -0.15) is 0 Å². The highest BCUT2D eigenvalue weighted by molar-refractivity contribution is 5.84. The molecule has 0 atom stereocenters. The van der Waals surface area contributed by atoms with Crippen LogP contribution in [-0.2, 0) is 5.41 Å². The van der Waals surface area contributed by atoms with E-state index >= 15 is 0 Å². The Morgan fingerprint density at radius 2 is 1.81 bits per heavy atom. The second kappa shape index (κ2) is 3.65. The van der Waals surface area contributed by atoms with Gasteiger partial charge in [-0.1, -0.05) is 46.8 Å². The van der Waals surface area contributed by atoms with Gasteiger partial charge >= 0.3 is 0 Å². The molecular formula is C15H21N. The van der Waals surface area contributed by atoms with Crippen LogP contribution >= 0.6 is 0 Å². The third-order valence-corrected chi connectivity index (χ3v) is 3.18. The summed E-state index contributed by atoms with van der Waals surface area (Å²) in [6, 6.07) is 6.77. The number of aromatic nitrogens is 1. The van der Waals surface area contributed by atoms with Crippen molar-refractivity contribution in [2.45, 2.75) is 46.0 Å². The van der Waals surface area contributed by atoms with Crippen LogP contribution in [0.2, 0.25) is 0 Å².